The number of Topliss-reactive ketones (excluding diaryl/α,β-unsaturated/α-hetero) is 1. The number of esters is 1. The lowest BCUT2D eigenvalue weighted by Crippen LogP contribution is -2.19. The smallest absolute Gasteiger partial charge is 0.338 e. The zero-order chi connectivity index (χ0) is 20.1. The number of rotatable bonds is 7. The van der Waals surface area contributed by atoms with Crippen LogP contribution in [0.4, 0.5) is 11.4 Å². The van der Waals surface area contributed by atoms with Gasteiger partial charge in [-0.1, -0.05) is 0 Å². The van der Waals surface area contributed by atoms with Crippen LogP contribution in [0, 0.1) is 10.1 Å². The first-order valence-electron chi connectivity index (χ1n) is 8.87. The predicted octanol–water partition coefficient (Wildman–Crippen LogP) is 3.24. The molecule has 0 spiro atoms. The molecule has 146 valence electrons. The number of hydrogen-bond donors (Lipinski definition) is 0. The molecule has 3 rings (SSSR count). The summed E-state index contributed by atoms with van der Waals surface area (Å²) in [5, 5.41) is 11.4. The summed E-state index contributed by atoms with van der Waals surface area (Å²) in [6.07, 6.45) is 1.96. The van der Waals surface area contributed by atoms with Gasteiger partial charge in [0.15, 0.2) is 12.4 Å². The minimum Gasteiger partial charge on any atom is -0.497 e. The lowest BCUT2D eigenvalue weighted by atomic mass is 10.1. The number of anilines is 1. The molecule has 1 heterocycles. The number of ether oxygens (including phenoxy) is 2. The minimum atomic E-state index is -0.780. The normalized spacial score (nSPS) is 13.2. The second-order valence-electron chi connectivity index (χ2n) is 6.38. The Kier molecular flexibility index (Phi) is 5.88. The summed E-state index contributed by atoms with van der Waals surface area (Å²) in [4.78, 5) is 37.3. The molecule has 0 bridgehead atoms. The van der Waals surface area contributed by atoms with Crippen molar-refractivity contribution in [1.82, 2.24) is 0 Å². The van der Waals surface area contributed by atoms with Crippen LogP contribution in [0.1, 0.15) is 33.6 Å². The molecule has 0 aromatic heterocycles. The van der Waals surface area contributed by atoms with E-state index in [1.807, 2.05) is 4.90 Å². The summed E-state index contributed by atoms with van der Waals surface area (Å²) >= 11 is 0. The fourth-order valence-corrected chi connectivity index (χ4v) is 3.10. The van der Waals surface area contributed by atoms with E-state index in [-0.39, 0.29) is 17.0 Å². The lowest BCUT2D eigenvalue weighted by molar-refractivity contribution is -0.384. The molecule has 1 aliphatic rings. The number of nitro groups is 1. The fraction of sp³-hybridized carbons (Fsp3) is 0.300. The van der Waals surface area contributed by atoms with Gasteiger partial charge in [0.05, 0.1) is 17.6 Å². The summed E-state index contributed by atoms with van der Waals surface area (Å²) in [6.45, 7) is 1.05. The second-order valence-corrected chi connectivity index (χ2v) is 6.38. The largest absolute Gasteiger partial charge is 0.497 e. The Morgan fingerprint density at radius 2 is 1.71 bits per heavy atom. The zero-order valence-electron chi connectivity index (χ0n) is 15.4. The van der Waals surface area contributed by atoms with E-state index < -0.39 is 17.5 Å². The average molecular weight is 384 g/mol. The van der Waals surface area contributed by atoms with Crippen molar-refractivity contribution in [3.63, 3.8) is 0 Å². The van der Waals surface area contributed by atoms with Gasteiger partial charge >= 0.3 is 5.97 Å². The van der Waals surface area contributed by atoms with Crippen molar-refractivity contribution in [2.75, 3.05) is 31.7 Å². The van der Waals surface area contributed by atoms with Crippen LogP contribution in [0.15, 0.2) is 42.5 Å². The molecular formula is C20H20N2O6. The molecule has 0 saturated carbocycles. The molecule has 0 atom stereocenters. The van der Waals surface area contributed by atoms with Crippen molar-refractivity contribution < 1.29 is 24.0 Å². The van der Waals surface area contributed by atoms with E-state index in [9.17, 15) is 19.7 Å². The monoisotopic (exact) mass is 384 g/mol. The maximum atomic E-state index is 12.3. The highest BCUT2D eigenvalue weighted by molar-refractivity contribution is 5.99. The standard InChI is InChI=1S/C20H20N2O6/c1-27-16-7-4-14(5-8-16)19(23)13-28-20(24)15-6-9-17(18(12-15)22(25)26)21-10-2-3-11-21/h4-9,12H,2-3,10-11,13H2,1H3. The number of nitro benzene ring substituents is 1. The molecule has 0 unspecified atom stereocenters. The van der Waals surface area contributed by atoms with E-state index >= 15 is 0 Å². The molecule has 8 heteroatoms. The topological polar surface area (TPSA) is 99.0 Å². The summed E-state index contributed by atoms with van der Waals surface area (Å²) in [5.41, 5.74) is 0.771. The minimum absolute atomic E-state index is 0.0391. The first kappa shape index (κ1) is 19.3. The highest BCUT2D eigenvalue weighted by Crippen LogP contribution is 2.31. The molecule has 0 N–H and O–H groups in total. The average Bonchev–Trinajstić information content (AvgIpc) is 3.26. The number of carbonyl (C=O) groups is 2. The van der Waals surface area contributed by atoms with Gasteiger partial charge in [-0.2, -0.15) is 0 Å². The number of methoxy groups -OCH3 is 1. The molecule has 0 aliphatic carbocycles. The third-order valence-electron chi connectivity index (χ3n) is 4.60. The number of carbonyl (C=O) groups excluding carboxylic acids is 2. The van der Waals surface area contributed by atoms with Gasteiger partial charge in [0.1, 0.15) is 11.4 Å². The molecule has 2 aromatic rings. The van der Waals surface area contributed by atoms with Gasteiger partial charge in [-0.05, 0) is 49.2 Å². The van der Waals surface area contributed by atoms with E-state index in [4.69, 9.17) is 9.47 Å². The summed E-state index contributed by atoms with van der Waals surface area (Å²) < 4.78 is 10.1. The van der Waals surface area contributed by atoms with E-state index in [0.29, 0.717) is 17.0 Å². The van der Waals surface area contributed by atoms with Crippen molar-refractivity contribution >= 4 is 23.1 Å². The predicted molar refractivity (Wildman–Crippen MR) is 102 cm³/mol. The molecule has 1 saturated heterocycles. The lowest BCUT2D eigenvalue weighted by Gasteiger charge is -2.17. The second kappa shape index (κ2) is 8.51. The van der Waals surface area contributed by atoms with Crippen LogP contribution in [0.2, 0.25) is 0 Å². The van der Waals surface area contributed by atoms with Crippen LogP contribution in [-0.4, -0.2) is 43.5 Å². The first-order chi connectivity index (χ1) is 13.5. The van der Waals surface area contributed by atoms with Crippen LogP contribution in [-0.2, 0) is 4.74 Å². The Bertz CT molecular complexity index is 888. The number of nitrogens with zero attached hydrogens (tertiary/aromatic N) is 2. The number of benzene rings is 2. The molecule has 0 amide bonds. The van der Waals surface area contributed by atoms with E-state index in [1.54, 1.807) is 30.3 Å². The van der Waals surface area contributed by atoms with Gasteiger partial charge in [0.25, 0.3) is 5.69 Å². The molecular weight excluding hydrogens is 364 g/mol. The molecule has 0 radical (unpaired) electrons. The van der Waals surface area contributed by atoms with Gasteiger partial charge in [-0.3, -0.25) is 14.9 Å². The van der Waals surface area contributed by atoms with Crippen LogP contribution in [0.5, 0.6) is 5.75 Å². The van der Waals surface area contributed by atoms with Crippen molar-refractivity contribution in [2.24, 2.45) is 0 Å². The SMILES string of the molecule is COc1ccc(C(=O)COC(=O)c2ccc(N3CCCC3)c([N+](=O)[O-])c2)cc1. The Hall–Kier alpha value is -3.42. The molecule has 1 fully saturated rings. The third-order valence-corrected chi connectivity index (χ3v) is 4.60. The van der Waals surface area contributed by atoms with Gasteiger partial charge in [-0.15, -0.1) is 0 Å². The van der Waals surface area contributed by atoms with E-state index in [1.165, 1.54) is 19.2 Å². The van der Waals surface area contributed by atoms with Crippen LogP contribution >= 0.6 is 0 Å². The van der Waals surface area contributed by atoms with Crippen molar-refractivity contribution in [2.45, 2.75) is 12.8 Å². The summed E-state index contributed by atoms with van der Waals surface area (Å²) in [6, 6.07) is 10.7. The van der Waals surface area contributed by atoms with E-state index in [2.05, 4.69) is 0 Å². The Balaban J connectivity index is 1.68. The highest BCUT2D eigenvalue weighted by Gasteiger charge is 2.24. The number of ketones is 1. The maximum Gasteiger partial charge on any atom is 0.338 e. The molecule has 1 aliphatic heterocycles. The van der Waals surface area contributed by atoms with Crippen LogP contribution in [0.3, 0.4) is 0 Å². The summed E-state index contributed by atoms with van der Waals surface area (Å²) in [5.74, 6) is -0.545. The van der Waals surface area contributed by atoms with Crippen LogP contribution < -0.4 is 9.64 Å². The van der Waals surface area contributed by atoms with Crippen LogP contribution in [0.25, 0.3) is 0 Å². The quantitative estimate of drug-likeness (QED) is 0.313. The highest BCUT2D eigenvalue weighted by atomic mass is 16.6. The maximum absolute atomic E-state index is 12.3. The Morgan fingerprint density at radius 3 is 2.32 bits per heavy atom. The molecule has 2 aromatic carbocycles. The summed E-state index contributed by atoms with van der Waals surface area (Å²) in [7, 11) is 1.52. The van der Waals surface area contributed by atoms with Crippen molar-refractivity contribution in [1.29, 1.82) is 0 Å². The number of hydrogen-bond acceptors (Lipinski definition) is 7. The zero-order valence-corrected chi connectivity index (χ0v) is 15.4. The Morgan fingerprint density at radius 1 is 1.07 bits per heavy atom. The van der Waals surface area contributed by atoms with Gasteiger partial charge in [0, 0.05) is 24.7 Å². The van der Waals surface area contributed by atoms with Gasteiger partial charge in [-0.25, -0.2) is 4.79 Å². The molecule has 8 nitrogen and oxygen atoms in total. The fourth-order valence-electron chi connectivity index (χ4n) is 3.10. The molecule has 28 heavy (non-hydrogen) atoms. The Labute approximate surface area is 161 Å². The third kappa shape index (κ3) is 4.28. The van der Waals surface area contributed by atoms with Crippen molar-refractivity contribution in [3.05, 3.63) is 63.7 Å². The van der Waals surface area contributed by atoms with E-state index in [0.717, 1.165) is 25.9 Å². The van der Waals surface area contributed by atoms with Gasteiger partial charge in [0.2, 0.25) is 0 Å². The van der Waals surface area contributed by atoms with Gasteiger partial charge < -0.3 is 14.4 Å². The first-order valence-corrected chi connectivity index (χ1v) is 8.87. The van der Waals surface area contributed by atoms with Crippen molar-refractivity contribution in [3.8, 4) is 5.75 Å².